The van der Waals surface area contributed by atoms with Crippen LogP contribution in [0.15, 0.2) is 44.8 Å². The van der Waals surface area contributed by atoms with E-state index in [0.29, 0.717) is 21.9 Å². The zero-order chi connectivity index (χ0) is 19.6. The van der Waals surface area contributed by atoms with E-state index in [1.54, 1.807) is 24.3 Å². The molecule has 0 bridgehead atoms. The first-order valence-corrected chi connectivity index (χ1v) is 9.86. The number of halogens is 1. The lowest BCUT2D eigenvalue weighted by Crippen LogP contribution is -2.31. The summed E-state index contributed by atoms with van der Waals surface area (Å²) < 4.78 is 36.1. The van der Waals surface area contributed by atoms with Crippen molar-refractivity contribution in [3.63, 3.8) is 0 Å². The van der Waals surface area contributed by atoms with Crippen LogP contribution in [0.3, 0.4) is 0 Å². The molecule has 0 saturated heterocycles. The van der Waals surface area contributed by atoms with Crippen LogP contribution in [0.2, 0.25) is 5.02 Å². The highest BCUT2D eigenvalue weighted by molar-refractivity contribution is 7.92. The van der Waals surface area contributed by atoms with Gasteiger partial charge in [-0.3, -0.25) is 4.79 Å². The fraction of sp³-hybridized carbons (Fsp3) is 0.0667. The number of nitrogens with one attached hydrogen (secondary N) is 1. The number of amides is 1. The average Bonchev–Trinajstić information content (AvgIpc) is 3.31. The molecule has 0 aliphatic rings. The van der Waals surface area contributed by atoms with Gasteiger partial charge in [0.2, 0.25) is 0 Å². The van der Waals surface area contributed by atoms with Gasteiger partial charge in [0.25, 0.3) is 15.9 Å². The van der Waals surface area contributed by atoms with E-state index in [2.05, 4.69) is 14.7 Å². The summed E-state index contributed by atoms with van der Waals surface area (Å²) in [5, 5.41) is 0.293. The van der Waals surface area contributed by atoms with Crippen molar-refractivity contribution in [1.82, 2.24) is 14.7 Å². The van der Waals surface area contributed by atoms with Gasteiger partial charge in [0.1, 0.15) is 0 Å². The normalized spacial score (nSPS) is 11.2. The van der Waals surface area contributed by atoms with Gasteiger partial charge in [0, 0.05) is 5.56 Å². The Morgan fingerprint density at radius 3 is 2.67 bits per heavy atom. The quantitative estimate of drug-likeness (QED) is 0.614. The molecule has 27 heavy (non-hydrogen) atoms. The molecule has 0 fully saturated rings. The monoisotopic (exact) mass is 427 g/mol. The second-order valence-electron chi connectivity index (χ2n) is 4.92. The number of ether oxygens (including phenoxy) is 1. The Morgan fingerprint density at radius 1 is 1.22 bits per heavy atom. The molecule has 0 aliphatic carbocycles. The van der Waals surface area contributed by atoms with Crippen LogP contribution in [0.1, 0.15) is 21.0 Å². The van der Waals surface area contributed by atoms with Crippen molar-refractivity contribution in [3.8, 4) is 11.3 Å². The molecule has 3 rings (SSSR count). The van der Waals surface area contributed by atoms with Gasteiger partial charge in [-0.15, -0.1) is 11.3 Å². The maximum Gasteiger partial charge on any atom is 0.358 e. The molecule has 1 amide bonds. The highest BCUT2D eigenvalue weighted by atomic mass is 35.5. The molecule has 2 aromatic heterocycles. The summed E-state index contributed by atoms with van der Waals surface area (Å²) in [5.74, 6) is -1.99. The Balaban J connectivity index is 1.94. The molecule has 9 nitrogen and oxygen atoms in total. The van der Waals surface area contributed by atoms with Crippen LogP contribution in [-0.4, -0.2) is 37.4 Å². The maximum atomic E-state index is 12.5. The van der Waals surface area contributed by atoms with Crippen LogP contribution in [0.25, 0.3) is 11.3 Å². The maximum absolute atomic E-state index is 12.5. The fourth-order valence-electron chi connectivity index (χ4n) is 2.12. The molecule has 0 unspecified atom stereocenters. The van der Waals surface area contributed by atoms with Crippen molar-refractivity contribution in [3.05, 3.63) is 52.6 Å². The standard InChI is InChI=1S/C15H10ClN3O6S2/c1-24-14(21)11-15(26-7-18-11)27(22,23)19-13(20)10-12(25-6-17-10)8-4-2-3-5-9(8)16/h2-7H,1H3,(H,19,20). The molecular weight excluding hydrogens is 418 g/mol. The van der Waals surface area contributed by atoms with E-state index in [4.69, 9.17) is 16.0 Å². The van der Waals surface area contributed by atoms with Crippen molar-refractivity contribution in [2.45, 2.75) is 4.21 Å². The third-order valence-electron chi connectivity index (χ3n) is 3.29. The molecule has 0 aliphatic heterocycles. The van der Waals surface area contributed by atoms with Crippen LogP contribution in [0.5, 0.6) is 0 Å². The van der Waals surface area contributed by atoms with Crippen molar-refractivity contribution in [2.24, 2.45) is 0 Å². The van der Waals surface area contributed by atoms with Crippen molar-refractivity contribution in [1.29, 1.82) is 0 Å². The van der Waals surface area contributed by atoms with Crippen LogP contribution >= 0.6 is 22.9 Å². The van der Waals surface area contributed by atoms with Crippen LogP contribution in [0.4, 0.5) is 0 Å². The summed E-state index contributed by atoms with van der Waals surface area (Å²) in [7, 11) is -3.31. The number of methoxy groups -OCH3 is 1. The summed E-state index contributed by atoms with van der Waals surface area (Å²) in [6, 6.07) is 6.52. The first kappa shape index (κ1) is 19.0. The fourth-order valence-corrected chi connectivity index (χ4v) is 4.43. The molecule has 140 valence electrons. The Kier molecular flexibility index (Phi) is 5.26. The molecule has 3 aromatic rings. The second kappa shape index (κ2) is 7.47. The minimum atomic E-state index is -4.40. The smallest absolute Gasteiger partial charge is 0.358 e. The zero-order valence-corrected chi connectivity index (χ0v) is 15.9. The first-order chi connectivity index (χ1) is 12.8. The van der Waals surface area contributed by atoms with Crippen LogP contribution in [0, 0.1) is 0 Å². The SMILES string of the molecule is COC(=O)c1ncsc1S(=O)(=O)NC(=O)c1ncoc1-c1ccccc1Cl. The summed E-state index contributed by atoms with van der Waals surface area (Å²) in [6.45, 7) is 0. The van der Waals surface area contributed by atoms with E-state index in [1.165, 1.54) is 0 Å². The van der Waals surface area contributed by atoms with Gasteiger partial charge < -0.3 is 9.15 Å². The molecule has 1 aromatic carbocycles. The van der Waals surface area contributed by atoms with E-state index >= 15 is 0 Å². The average molecular weight is 428 g/mol. The van der Waals surface area contributed by atoms with E-state index in [0.717, 1.165) is 19.0 Å². The van der Waals surface area contributed by atoms with Gasteiger partial charge in [0.05, 0.1) is 17.6 Å². The van der Waals surface area contributed by atoms with Gasteiger partial charge >= 0.3 is 5.97 Å². The largest absolute Gasteiger partial charge is 0.464 e. The zero-order valence-electron chi connectivity index (χ0n) is 13.5. The summed E-state index contributed by atoms with van der Waals surface area (Å²) in [5.41, 5.74) is 0.814. The topological polar surface area (TPSA) is 128 Å². The molecule has 0 saturated carbocycles. The van der Waals surface area contributed by atoms with Gasteiger partial charge in [0.15, 0.2) is 27.8 Å². The lowest BCUT2D eigenvalue weighted by Gasteiger charge is -2.06. The van der Waals surface area contributed by atoms with Gasteiger partial charge in [-0.25, -0.2) is 27.9 Å². The molecule has 0 spiro atoms. The predicted octanol–water partition coefficient (Wildman–Crippen LogP) is 2.36. The van der Waals surface area contributed by atoms with Crippen molar-refractivity contribution < 1.29 is 27.2 Å². The van der Waals surface area contributed by atoms with Crippen molar-refractivity contribution in [2.75, 3.05) is 7.11 Å². The van der Waals surface area contributed by atoms with Gasteiger partial charge in [-0.2, -0.15) is 0 Å². The number of hydrogen-bond donors (Lipinski definition) is 1. The Morgan fingerprint density at radius 2 is 1.96 bits per heavy atom. The van der Waals surface area contributed by atoms with Gasteiger partial charge in [-0.05, 0) is 12.1 Å². The van der Waals surface area contributed by atoms with E-state index in [-0.39, 0.29) is 11.5 Å². The molecule has 0 radical (unpaired) electrons. The molecular formula is C15H10ClN3O6S2. The van der Waals surface area contributed by atoms with Crippen molar-refractivity contribution >= 4 is 44.8 Å². The van der Waals surface area contributed by atoms with Gasteiger partial charge in [-0.1, -0.05) is 23.7 Å². The second-order valence-corrected chi connectivity index (χ2v) is 8.06. The van der Waals surface area contributed by atoms with E-state index < -0.39 is 31.8 Å². The third-order valence-corrected chi connectivity index (χ3v) is 6.32. The number of hydrogen-bond acceptors (Lipinski definition) is 9. The number of aromatic nitrogens is 2. The van der Waals surface area contributed by atoms with E-state index in [1.807, 2.05) is 4.72 Å². The number of rotatable bonds is 5. The minimum Gasteiger partial charge on any atom is -0.464 e. The number of thiazole rings is 1. The number of nitrogens with zero attached hydrogens (tertiary/aromatic N) is 2. The molecule has 1 N–H and O–H groups in total. The molecule has 0 atom stereocenters. The number of sulfonamides is 1. The summed E-state index contributed by atoms with van der Waals surface area (Å²) in [6.07, 6.45) is 0.993. The Bertz CT molecular complexity index is 1120. The number of esters is 1. The number of carbonyl (C=O) groups is 2. The number of carbonyl (C=O) groups excluding carboxylic acids is 2. The van der Waals surface area contributed by atoms with Crippen LogP contribution in [-0.2, 0) is 14.8 Å². The summed E-state index contributed by atoms with van der Waals surface area (Å²) in [4.78, 5) is 31.5. The summed E-state index contributed by atoms with van der Waals surface area (Å²) >= 11 is 6.75. The highest BCUT2D eigenvalue weighted by Crippen LogP contribution is 2.30. The third kappa shape index (κ3) is 3.70. The predicted molar refractivity (Wildman–Crippen MR) is 95.1 cm³/mol. The molecule has 2 heterocycles. The Hall–Kier alpha value is -2.76. The van der Waals surface area contributed by atoms with Crippen LogP contribution < -0.4 is 4.72 Å². The minimum absolute atomic E-state index is 0.00537. The van der Waals surface area contributed by atoms with E-state index in [9.17, 15) is 18.0 Å². The lowest BCUT2D eigenvalue weighted by molar-refractivity contribution is 0.0590. The lowest BCUT2D eigenvalue weighted by atomic mass is 10.1. The molecule has 12 heteroatoms. The Labute approximate surface area is 162 Å². The first-order valence-electron chi connectivity index (χ1n) is 7.12. The number of oxazole rings is 1. The highest BCUT2D eigenvalue weighted by Gasteiger charge is 2.30. The number of benzene rings is 1.